The second kappa shape index (κ2) is 8.51. The molecule has 1 aliphatic heterocycles. The fourth-order valence-corrected chi connectivity index (χ4v) is 3.89. The van der Waals surface area contributed by atoms with Gasteiger partial charge in [-0.2, -0.15) is 0 Å². The maximum atomic E-state index is 12.0. The zero-order chi connectivity index (χ0) is 17.5. The maximum absolute atomic E-state index is 12.0. The quantitative estimate of drug-likeness (QED) is 0.830. The van der Waals surface area contributed by atoms with Gasteiger partial charge in [-0.15, -0.1) is 0 Å². The van der Waals surface area contributed by atoms with E-state index in [2.05, 4.69) is 22.1 Å². The molecule has 1 heterocycles. The fourth-order valence-electron chi connectivity index (χ4n) is 3.89. The number of hydrogen-bond donors (Lipinski definition) is 2. The van der Waals surface area contributed by atoms with E-state index in [1.165, 1.54) is 6.42 Å². The van der Waals surface area contributed by atoms with Gasteiger partial charge in [-0.05, 0) is 37.8 Å². The van der Waals surface area contributed by atoms with Crippen LogP contribution in [0.25, 0.3) is 0 Å². The first-order valence-electron chi connectivity index (χ1n) is 9.45. The van der Waals surface area contributed by atoms with Crippen LogP contribution in [-0.4, -0.2) is 47.2 Å². The van der Waals surface area contributed by atoms with Crippen LogP contribution in [0.15, 0.2) is 30.3 Å². The summed E-state index contributed by atoms with van der Waals surface area (Å²) in [4.78, 5) is 14.3. The van der Waals surface area contributed by atoms with Gasteiger partial charge in [0.25, 0.3) is 5.91 Å². The van der Waals surface area contributed by atoms with Crippen LogP contribution < -0.4 is 5.32 Å². The molecule has 134 valence electrons. The zero-order valence-electron chi connectivity index (χ0n) is 14.8. The third-order valence-corrected chi connectivity index (χ3v) is 5.32. The lowest BCUT2D eigenvalue weighted by Crippen LogP contribution is -2.50. The predicted octanol–water partition coefficient (Wildman–Crippen LogP) is 2.31. The highest BCUT2D eigenvalue weighted by Crippen LogP contribution is 2.29. The number of amides is 1. The molecule has 0 atom stereocenters. The SMILES string of the molecule is O=C(C#Cc1ccccc1)NC1CCN(CC2(O)CCCCC2)CC1. The van der Waals surface area contributed by atoms with Crippen molar-refractivity contribution in [2.24, 2.45) is 0 Å². The van der Waals surface area contributed by atoms with Gasteiger partial charge in [0.1, 0.15) is 0 Å². The van der Waals surface area contributed by atoms with Crippen molar-refractivity contribution in [3.63, 3.8) is 0 Å². The molecule has 25 heavy (non-hydrogen) atoms. The summed E-state index contributed by atoms with van der Waals surface area (Å²) in [5, 5.41) is 13.7. The van der Waals surface area contributed by atoms with Gasteiger partial charge in [-0.1, -0.05) is 43.4 Å². The van der Waals surface area contributed by atoms with Gasteiger partial charge in [0, 0.05) is 37.2 Å². The monoisotopic (exact) mass is 340 g/mol. The molecule has 1 saturated carbocycles. The van der Waals surface area contributed by atoms with E-state index in [1.54, 1.807) is 0 Å². The molecule has 0 unspecified atom stereocenters. The topological polar surface area (TPSA) is 52.6 Å². The normalized spacial score (nSPS) is 21.2. The van der Waals surface area contributed by atoms with Crippen molar-refractivity contribution in [1.82, 2.24) is 10.2 Å². The molecule has 1 amide bonds. The highest BCUT2D eigenvalue weighted by atomic mass is 16.3. The number of hydrogen-bond acceptors (Lipinski definition) is 3. The van der Waals surface area contributed by atoms with E-state index in [0.717, 1.165) is 63.7 Å². The van der Waals surface area contributed by atoms with E-state index in [-0.39, 0.29) is 11.9 Å². The Morgan fingerprint density at radius 2 is 1.84 bits per heavy atom. The fraction of sp³-hybridized carbons (Fsp3) is 0.571. The summed E-state index contributed by atoms with van der Waals surface area (Å²) in [6, 6.07) is 9.75. The van der Waals surface area contributed by atoms with Crippen LogP contribution in [-0.2, 0) is 4.79 Å². The summed E-state index contributed by atoms with van der Waals surface area (Å²) in [5.41, 5.74) is 0.364. The summed E-state index contributed by atoms with van der Waals surface area (Å²) in [6.07, 6.45) is 7.24. The number of benzene rings is 1. The van der Waals surface area contributed by atoms with Crippen molar-refractivity contribution in [3.05, 3.63) is 35.9 Å². The molecule has 2 aliphatic rings. The summed E-state index contributed by atoms with van der Waals surface area (Å²) in [7, 11) is 0. The molecule has 0 aromatic heterocycles. The number of nitrogens with zero attached hydrogens (tertiary/aromatic N) is 1. The highest BCUT2D eigenvalue weighted by Gasteiger charge is 2.32. The third kappa shape index (κ3) is 5.59. The van der Waals surface area contributed by atoms with Crippen LogP contribution in [0, 0.1) is 11.8 Å². The molecule has 1 aromatic rings. The average Bonchev–Trinajstić information content (AvgIpc) is 2.63. The Labute approximate surface area is 150 Å². The van der Waals surface area contributed by atoms with E-state index in [9.17, 15) is 9.90 Å². The van der Waals surface area contributed by atoms with Gasteiger partial charge in [0.05, 0.1) is 5.60 Å². The van der Waals surface area contributed by atoms with Crippen LogP contribution in [0.3, 0.4) is 0 Å². The van der Waals surface area contributed by atoms with Crippen molar-refractivity contribution >= 4 is 5.91 Å². The van der Waals surface area contributed by atoms with Crippen molar-refractivity contribution in [2.45, 2.75) is 56.6 Å². The largest absolute Gasteiger partial charge is 0.389 e. The molecule has 2 N–H and O–H groups in total. The summed E-state index contributed by atoms with van der Waals surface area (Å²) >= 11 is 0. The Hall–Kier alpha value is -1.83. The minimum atomic E-state index is -0.491. The minimum absolute atomic E-state index is 0.190. The first-order chi connectivity index (χ1) is 12.1. The first-order valence-corrected chi connectivity index (χ1v) is 9.45. The number of nitrogens with one attached hydrogen (secondary N) is 1. The number of likely N-dealkylation sites (tertiary alicyclic amines) is 1. The number of aliphatic hydroxyl groups is 1. The zero-order valence-corrected chi connectivity index (χ0v) is 14.8. The number of carbonyl (C=O) groups excluding carboxylic acids is 1. The number of piperidine rings is 1. The molecule has 1 saturated heterocycles. The molecule has 1 aromatic carbocycles. The van der Waals surface area contributed by atoms with Gasteiger partial charge < -0.3 is 15.3 Å². The Bertz CT molecular complexity index is 618. The molecule has 0 spiro atoms. The van der Waals surface area contributed by atoms with E-state index in [0.29, 0.717) is 0 Å². The molecule has 4 heteroatoms. The van der Waals surface area contributed by atoms with Crippen molar-refractivity contribution in [3.8, 4) is 11.8 Å². The van der Waals surface area contributed by atoms with Crippen LogP contribution in [0.1, 0.15) is 50.5 Å². The molecule has 0 bridgehead atoms. The van der Waals surface area contributed by atoms with Crippen molar-refractivity contribution in [2.75, 3.05) is 19.6 Å². The van der Waals surface area contributed by atoms with Gasteiger partial charge in [-0.25, -0.2) is 0 Å². The number of β-amino-alcohol motifs (C(OH)–C–C–N with tert-alkyl or cyclic N) is 1. The molecule has 2 fully saturated rings. The Balaban J connectivity index is 1.42. The molecule has 3 rings (SSSR count). The molecule has 4 nitrogen and oxygen atoms in total. The lowest BCUT2D eigenvalue weighted by molar-refractivity contribution is -0.116. The van der Waals surface area contributed by atoms with Crippen LogP contribution in [0.5, 0.6) is 0 Å². The van der Waals surface area contributed by atoms with Crippen molar-refractivity contribution < 1.29 is 9.90 Å². The average molecular weight is 340 g/mol. The maximum Gasteiger partial charge on any atom is 0.296 e. The molecular formula is C21H28N2O2. The highest BCUT2D eigenvalue weighted by molar-refractivity contribution is 5.94. The summed E-state index contributed by atoms with van der Waals surface area (Å²) in [6.45, 7) is 2.64. The van der Waals surface area contributed by atoms with E-state index >= 15 is 0 Å². The van der Waals surface area contributed by atoms with Crippen LogP contribution in [0.4, 0.5) is 0 Å². The number of rotatable bonds is 3. The predicted molar refractivity (Wildman–Crippen MR) is 99.0 cm³/mol. The Kier molecular flexibility index (Phi) is 6.12. The second-order valence-corrected chi connectivity index (χ2v) is 7.42. The Morgan fingerprint density at radius 1 is 1.16 bits per heavy atom. The van der Waals surface area contributed by atoms with Crippen LogP contribution >= 0.6 is 0 Å². The van der Waals surface area contributed by atoms with Gasteiger partial charge in [0.15, 0.2) is 0 Å². The molecular weight excluding hydrogens is 312 g/mol. The summed E-state index contributed by atoms with van der Waals surface area (Å²) < 4.78 is 0. The van der Waals surface area contributed by atoms with Crippen molar-refractivity contribution in [1.29, 1.82) is 0 Å². The first kappa shape index (κ1) is 18.0. The number of carbonyl (C=O) groups is 1. The van der Waals surface area contributed by atoms with E-state index in [1.807, 2.05) is 30.3 Å². The van der Waals surface area contributed by atoms with E-state index in [4.69, 9.17) is 0 Å². The minimum Gasteiger partial charge on any atom is -0.389 e. The van der Waals surface area contributed by atoms with Gasteiger partial charge >= 0.3 is 0 Å². The second-order valence-electron chi connectivity index (χ2n) is 7.42. The Morgan fingerprint density at radius 3 is 2.52 bits per heavy atom. The summed E-state index contributed by atoms with van der Waals surface area (Å²) in [5.74, 6) is 5.37. The lowest BCUT2D eigenvalue weighted by atomic mass is 9.84. The molecule has 0 radical (unpaired) electrons. The van der Waals surface area contributed by atoms with Gasteiger partial charge in [0.2, 0.25) is 0 Å². The standard InChI is InChI=1S/C21H28N2O2/c24-20(10-9-18-7-3-1-4-8-18)22-19-11-15-23(16-12-19)17-21(25)13-5-2-6-14-21/h1,3-4,7-8,19,25H,2,5-6,11-17H2,(H,22,24). The third-order valence-electron chi connectivity index (χ3n) is 5.32. The smallest absolute Gasteiger partial charge is 0.296 e. The van der Waals surface area contributed by atoms with Crippen LogP contribution in [0.2, 0.25) is 0 Å². The van der Waals surface area contributed by atoms with E-state index < -0.39 is 5.60 Å². The molecule has 1 aliphatic carbocycles. The lowest BCUT2D eigenvalue weighted by Gasteiger charge is -2.40. The van der Waals surface area contributed by atoms with Gasteiger partial charge in [-0.3, -0.25) is 4.79 Å².